The number of carbonyl (C=O) groups is 1. The summed E-state index contributed by atoms with van der Waals surface area (Å²) in [6, 6.07) is 10.1. The van der Waals surface area contributed by atoms with Gasteiger partial charge in [-0.25, -0.2) is 0 Å². The lowest BCUT2D eigenvalue weighted by Gasteiger charge is -2.26. The van der Waals surface area contributed by atoms with Crippen LogP contribution in [0.5, 0.6) is 0 Å². The summed E-state index contributed by atoms with van der Waals surface area (Å²) >= 11 is 0. The first-order valence-electron chi connectivity index (χ1n) is 8.22. The molecule has 2 aromatic rings. The summed E-state index contributed by atoms with van der Waals surface area (Å²) in [5.74, 6) is 0.427. The van der Waals surface area contributed by atoms with Gasteiger partial charge in [0.1, 0.15) is 5.76 Å². The van der Waals surface area contributed by atoms with Crippen molar-refractivity contribution in [2.24, 2.45) is 0 Å². The average molecular weight is 313 g/mol. The van der Waals surface area contributed by atoms with Gasteiger partial charge in [0.15, 0.2) is 5.69 Å². The number of nitrogens with zero attached hydrogens (tertiary/aromatic N) is 2. The van der Waals surface area contributed by atoms with Gasteiger partial charge in [-0.3, -0.25) is 9.69 Å². The third kappa shape index (κ3) is 4.42. The third-order valence-corrected chi connectivity index (χ3v) is 4.19. The van der Waals surface area contributed by atoms with Gasteiger partial charge in [0, 0.05) is 19.2 Å². The Kier molecular flexibility index (Phi) is 5.08. The molecule has 2 heterocycles. The first kappa shape index (κ1) is 15.7. The van der Waals surface area contributed by atoms with Crippen LogP contribution in [0.25, 0.3) is 0 Å². The molecule has 0 atom stereocenters. The van der Waals surface area contributed by atoms with E-state index in [0.717, 1.165) is 12.1 Å². The summed E-state index contributed by atoms with van der Waals surface area (Å²) in [7, 11) is 0. The van der Waals surface area contributed by atoms with Crippen molar-refractivity contribution < 1.29 is 9.32 Å². The number of likely N-dealkylation sites (tertiary alicyclic amines) is 1. The monoisotopic (exact) mass is 313 g/mol. The van der Waals surface area contributed by atoms with E-state index in [9.17, 15) is 4.79 Å². The van der Waals surface area contributed by atoms with Crippen molar-refractivity contribution >= 4 is 5.91 Å². The molecule has 5 nitrogen and oxygen atoms in total. The van der Waals surface area contributed by atoms with Gasteiger partial charge in [0.05, 0.1) is 0 Å². The molecular formula is C18H23N3O2. The van der Waals surface area contributed by atoms with Crippen LogP contribution in [0.3, 0.4) is 0 Å². The van der Waals surface area contributed by atoms with Gasteiger partial charge in [0.2, 0.25) is 0 Å². The molecule has 1 aliphatic heterocycles. The number of nitrogens with one attached hydrogen (secondary N) is 1. The number of carbonyl (C=O) groups excluding carboxylic acids is 1. The first-order chi connectivity index (χ1) is 11.2. The maximum atomic E-state index is 11.9. The minimum absolute atomic E-state index is 0.209. The van der Waals surface area contributed by atoms with Crippen molar-refractivity contribution in [3.8, 4) is 0 Å². The van der Waals surface area contributed by atoms with Crippen molar-refractivity contribution in [3.63, 3.8) is 0 Å². The summed E-state index contributed by atoms with van der Waals surface area (Å²) in [4.78, 5) is 14.4. The Labute approximate surface area is 136 Å². The zero-order valence-electron chi connectivity index (χ0n) is 13.5. The van der Waals surface area contributed by atoms with E-state index < -0.39 is 0 Å². The zero-order valence-corrected chi connectivity index (χ0v) is 13.5. The second kappa shape index (κ2) is 7.42. The second-order valence-electron chi connectivity index (χ2n) is 6.16. The highest BCUT2D eigenvalue weighted by Gasteiger charge is 2.11. The van der Waals surface area contributed by atoms with Gasteiger partial charge in [-0.05, 0) is 44.0 Å². The van der Waals surface area contributed by atoms with E-state index in [1.165, 1.54) is 37.9 Å². The van der Waals surface area contributed by atoms with Crippen molar-refractivity contribution in [3.05, 3.63) is 52.9 Å². The van der Waals surface area contributed by atoms with E-state index >= 15 is 0 Å². The summed E-state index contributed by atoms with van der Waals surface area (Å²) in [6.45, 7) is 5.69. The molecule has 0 aliphatic carbocycles. The molecule has 23 heavy (non-hydrogen) atoms. The lowest BCUT2D eigenvalue weighted by atomic mass is 10.1. The summed E-state index contributed by atoms with van der Waals surface area (Å²) < 4.78 is 4.91. The topological polar surface area (TPSA) is 58.4 Å². The number of piperidine rings is 1. The van der Waals surface area contributed by atoms with Crippen LogP contribution in [0.15, 0.2) is 34.9 Å². The minimum atomic E-state index is -0.209. The summed E-state index contributed by atoms with van der Waals surface area (Å²) in [5, 5.41) is 6.57. The molecule has 122 valence electrons. The van der Waals surface area contributed by atoms with Crippen LogP contribution in [0.4, 0.5) is 0 Å². The molecule has 1 saturated heterocycles. The Morgan fingerprint density at radius 2 is 1.87 bits per heavy atom. The quantitative estimate of drug-likeness (QED) is 0.922. The summed E-state index contributed by atoms with van der Waals surface area (Å²) in [6.07, 6.45) is 3.98. The zero-order chi connectivity index (χ0) is 16.1. The van der Waals surface area contributed by atoms with E-state index in [0.29, 0.717) is 18.0 Å². The molecule has 1 N–H and O–H groups in total. The Morgan fingerprint density at radius 3 is 2.52 bits per heavy atom. The van der Waals surface area contributed by atoms with E-state index in [2.05, 4.69) is 39.6 Å². The van der Waals surface area contributed by atoms with Crippen LogP contribution in [-0.4, -0.2) is 29.1 Å². The molecule has 1 aromatic heterocycles. The van der Waals surface area contributed by atoms with Crippen LogP contribution in [0, 0.1) is 6.92 Å². The molecule has 0 spiro atoms. The molecule has 5 heteroatoms. The molecule has 0 radical (unpaired) electrons. The number of benzene rings is 1. The van der Waals surface area contributed by atoms with Crippen LogP contribution >= 0.6 is 0 Å². The highest BCUT2D eigenvalue weighted by Crippen LogP contribution is 2.13. The van der Waals surface area contributed by atoms with Crippen LogP contribution in [0.1, 0.15) is 46.6 Å². The van der Waals surface area contributed by atoms with Crippen molar-refractivity contribution in [1.82, 2.24) is 15.4 Å². The molecule has 3 rings (SSSR count). The molecule has 0 bridgehead atoms. The largest absolute Gasteiger partial charge is 0.361 e. The lowest BCUT2D eigenvalue weighted by Crippen LogP contribution is -2.29. The normalized spacial score (nSPS) is 15.5. The number of hydrogen-bond acceptors (Lipinski definition) is 4. The van der Waals surface area contributed by atoms with E-state index in [4.69, 9.17) is 4.52 Å². The molecule has 0 saturated carbocycles. The Bertz CT molecular complexity index is 643. The third-order valence-electron chi connectivity index (χ3n) is 4.19. The van der Waals surface area contributed by atoms with E-state index in [1.807, 2.05) is 0 Å². The van der Waals surface area contributed by atoms with Gasteiger partial charge in [-0.1, -0.05) is 35.8 Å². The molecule has 1 amide bonds. The number of amides is 1. The van der Waals surface area contributed by atoms with E-state index in [-0.39, 0.29) is 5.91 Å². The molecule has 0 unspecified atom stereocenters. The Hall–Kier alpha value is -2.14. The smallest absolute Gasteiger partial charge is 0.273 e. The number of hydrogen-bond donors (Lipinski definition) is 1. The highest BCUT2D eigenvalue weighted by molar-refractivity contribution is 5.92. The van der Waals surface area contributed by atoms with Crippen molar-refractivity contribution in [1.29, 1.82) is 0 Å². The SMILES string of the molecule is Cc1cc(C(=O)NCc2ccc(CN3CCCCC3)cc2)no1. The first-order valence-corrected chi connectivity index (χ1v) is 8.22. The van der Waals surface area contributed by atoms with Gasteiger partial charge < -0.3 is 9.84 Å². The fraction of sp³-hybridized carbons (Fsp3) is 0.444. The Balaban J connectivity index is 1.50. The fourth-order valence-electron chi connectivity index (χ4n) is 2.88. The van der Waals surface area contributed by atoms with Crippen LogP contribution in [-0.2, 0) is 13.1 Å². The van der Waals surface area contributed by atoms with Gasteiger partial charge in [0.25, 0.3) is 5.91 Å². The number of aromatic nitrogens is 1. The summed E-state index contributed by atoms with van der Waals surface area (Å²) in [5.41, 5.74) is 2.74. The fourth-order valence-corrected chi connectivity index (χ4v) is 2.88. The minimum Gasteiger partial charge on any atom is -0.361 e. The maximum absolute atomic E-state index is 11.9. The second-order valence-corrected chi connectivity index (χ2v) is 6.16. The van der Waals surface area contributed by atoms with Gasteiger partial charge in [-0.15, -0.1) is 0 Å². The maximum Gasteiger partial charge on any atom is 0.273 e. The average Bonchev–Trinajstić information content (AvgIpc) is 3.01. The molecular weight excluding hydrogens is 290 g/mol. The highest BCUT2D eigenvalue weighted by atomic mass is 16.5. The molecule has 1 fully saturated rings. The lowest BCUT2D eigenvalue weighted by molar-refractivity contribution is 0.0942. The molecule has 1 aliphatic rings. The van der Waals surface area contributed by atoms with Crippen molar-refractivity contribution in [2.45, 2.75) is 39.3 Å². The van der Waals surface area contributed by atoms with E-state index in [1.54, 1.807) is 13.0 Å². The van der Waals surface area contributed by atoms with Gasteiger partial charge in [-0.2, -0.15) is 0 Å². The number of rotatable bonds is 5. The Morgan fingerprint density at radius 1 is 1.17 bits per heavy atom. The van der Waals surface area contributed by atoms with Crippen molar-refractivity contribution in [2.75, 3.05) is 13.1 Å². The van der Waals surface area contributed by atoms with Crippen LogP contribution in [0.2, 0.25) is 0 Å². The predicted octanol–water partition coefficient (Wildman–Crippen LogP) is 2.90. The van der Waals surface area contributed by atoms with Gasteiger partial charge >= 0.3 is 0 Å². The molecule has 1 aromatic carbocycles. The number of aryl methyl sites for hydroxylation is 1. The standard InChI is InChI=1S/C18H23N3O2/c1-14-11-17(20-23-14)18(22)19-12-15-5-7-16(8-6-15)13-21-9-3-2-4-10-21/h5-8,11H,2-4,9-10,12-13H2,1H3,(H,19,22). The predicted molar refractivity (Wildman–Crippen MR) is 88.0 cm³/mol. The van der Waals surface area contributed by atoms with Crippen LogP contribution < -0.4 is 5.32 Å².